The predicted octanol–water partition coefficient (Wildman–Crippen LogP) is -7.27. The SMILES string of the molecule is N=C(N)N[C@@H]1CC[C@@H](CN)O[C@@H]1OC1[C@@H](N)C[C@@H](NC(=O)[C@@H](O)CN)[C@H](O[C@H]2O[C@H](CO)[C@@H](O)[C@H](N)[C@H]2O)[C@H]1O. The number of aliphatic hydroxyl groups is 5. The van der Waals surface area contributed by atoms with E-state index < -0.39 is 92.0 Å². The normalized spacial score (nSPS) is 43.1. The number of guanidine groups is 1. The highest BCUT2D eigenvalue weighted by Crippen LogP contribution is 2.31. The lowest BCUT2D eigenvalue weighted by Gasteiger charge is -2.48. The first-order chi connectivity index (χ1) is 18.9. The van der Waals surface area contributed by atoms with Gasteiger partial charge in [-0.15, -0.1) is 0 Å². The lowest BCUT2D eigenvalue weighted by atomic mass is 9.83. The highest BCUT2D eigenvalue weighted by atomic mass is 16.7. The van der Waals surface area contributed by atoms with Crippen molar-refractivity contribution >= 4 is 11.9 Å². The molecule has 1 amide bonds. The van der Waals surface area contributed by atoms with Crippen molar-refractivity contribution in [1.82, 2.24) is 10.6 Å². The van der Waals surface area contributed by atoms with Gasteiger partial charge in [0.2, 0.25) is 5.91 Å². The van der Waals surface area contributed by atoms with Crippen molar-refractivity contribution in [2.45, 2.75) is 105 Å². The van der Waals surface area contributed by atoms with Crippen LogP contribution in [0, 0.1) is 5.41 Å². The Morgan fingerprint density at radius 1 is 0.975 bits per heavy atom. The van der Waals surface area contributed by atoms with Crippen molar-refractivity contribution in [2.24, 2.45) is 28.7 Å². The van der Waals surface area contributed by atoms with Gasteiger partial charge in [0, 0.05) is 19.1 Å². The average molecular weight is 581 g/mol. The van der Waals surface area contributed by atoms with Crippen LogP contribution in [0.2, 0.25) is 0 Å². The number of hydrogen-bond acceptors (Lipinski definition) is 15. The number of aliphatic hydroxyl groups excluding tert-OH is 5. The number of nitrogens with two attached hydrogens (primary N) is 5. The van der Waals surface area contributed by atoms with Crippen molar-refractivity contribution in [3.8, 4) is 0 Å². The molecule has 232 valence electrons. The third-order valence-electron chi connectivity index (χ3n) is 7.45. The summed E-state index contributed by atoms with van der Waals surface area (Å²) >= 11 is 0. The third-order valence-corrected chi connectivity index (χ3v) is 7.45. The zero-order valence-electron chi connectivity index (χ0n) is 22.0. The Balaban J connectivity index is 1.86. The molecule has 3 rings (SSSR count). The second-order valence-electron chi connectivity index (χ2n) is 10.3. The summed E-state index contributed by atoms with van der Waals surface area (Å²) in [5.41, 5.74) is 28.9. The summed E-state index contributed by atoms with van der Waals surface area (Å²) in [6.07, 6.45) is -11.7. The van der Waals surface area contributed by atoms with Gasteiger partial charge in [0.25, 0.3) is 0 Å². The van der Waals surface area contributed by atoms with Gasteiger partial charge in [-0.1, -0.05) is 0 Å². The summed E-state index contributed by atoms with van der Waals surface area (Å²) in [6.45, 7) is -0.810. The summed E-state index contributed by atoms with van der Waals surface area (Å²) in [7, 11) is 0. The minimum Gasteiger partial charge on any atom is -0.394 e. The van der Waals surface area contributed by atoms with E-state index in [1.807, 2.05) is 0 Å². The van der Waals surface area contributed by atoms with Gasteiger partial charge in [0.05, 0.1) is 30.8 Å². The highest BCUT2D eigenvalue weighted by molar-refractivity contribution is 5.81. The molecule has 2 aliphatic heterocycles. The lowest BCUT2D eigenvalue weighted by molar-refractivity contribution is -0.314. The number of carbonyl (C=O) groups is 1. The molecule has 3 fully saturated rings. The van der Waals surface area contributed by atoms with Gasteiger partial charge in [-0.05, 0) is 19.3 Å². The van der Waals surface area contributed by atoms with Crippen LogP contribution in [0.15, 0.2) is 0 Å². The molecule has 14 atom stereocenters. The van der Waals surface area contributed by atoms with Crippen LogP contribution in [0.4, 0.5) is 0 Å². The number of rotatable bonds is 10. The molecule has 3 aliphatic rings. The number of ether oxygens (including phenoxy) is 4. The number of nitrogens with one attached hydrogen (secondary N) is 3. The van der Waals surface area contributed by atoms with E-state index >= 15 is 0 Å². The summed E-state index contributed by atoms with van der Waals surface area (Å²) in [6, 6.07) is -3.76. The lowest BCUT2D eigenvalue weighted by Crippen LogP contribution is -2.69. The quantitative estimate of drug-likeness (QED) is 0.0842. The van der Waals surface area contributed by atoms with Gasteiger partial charge < -0.3 is 83.8 Å². The molecule has 2 heterocycles. The fraction of sp³-hybridized carbons (Fsp3) is 0.909. The molecule has 18 nitrogen and oxygen atoms in total. The Labute approximate surface area is 230 Å². The first-order valence-electron chi connectivity index (χ1n) is 13.2. The predicted molar refractivity (Wildman–Crippen MR) is 137 cm³/mol. The van der Waals surface area contributed by atoms with Crippen molar-refractivity contribution in [1.29, 1.82) is 5.41 Å². The topological polar surface area (TPSA) is 333 Å². The maximum atomic E-state index is 12.5. The summed E-state index contributed by atoms with van der Waals surface area (Å²) < 4.78 is 23.5. The van der Waals surface area contributed by atoms with Crippen molar-refractivity contribution in [3.63, 3.8) is 0 Å². The minimum atomic E-state index is -1.58. The molecule has 1 aliphatic carbocycles. The average Bonchev–Trinajstić information content (AvgIpc) is 2.92. The van der Waals surface area contributed by atoms with Crippen LogP contribution in [-0.4, -0.2) is 143 Å². The molecular weight excluding hydrogens is 536 g/mol. The maximum Gasteiger partial charge on any atom is 0.250 e. The largest absolute Gasteiger partial charge is 0.394 e. The second-order valence-corrected chi connectivity index (χ2v) is 10.3. The highest BCUT2D eigenvalue weighted by Gasteiger charge is 2.51. The van der Waals surface area contributed by atoms with Gasteiger partial charge in [-0.25, -0.2) is 0 Å². The van der Waals surface area contributed by atoms with E-state index in [1.54, 1.807) is 0 Å². The van der Waals surface area contributed by atoms with E-state index in [0.717, 1.165) is 0 Å². The van der Waals surface area contributed by atoms with E-state index in [2.05, 4.69) is 10.6 Å². The maximum absolute atomic E-state index is 12.5. The van der Waals surface area contributed by atoms with Crippen LogP contribution in [0.5, 0.6) is 0 Å². The van der Waals surface area contributed by atoms with Crippen molar-refractivity contribution in [2.75, 3.05) is 19.7 Å². The smallest absolute Gasteiger partial charge is 0.250 e. The molecule has 0 aromatic rings. The molecule has 0 aromatic heterocycles. The Morgan fingerprint density at radius 3 is 2.25 bits per heavy atom. The van der Waals surface area contributed by atoms with Gasteiger partial charge in [0.1, 0.15) is 42.7 Å². The zero-order chi connectivity index (χ0) is 29.7. The van der Waals surface area contributed by atoms with Crippen LogP contribution < -0.4 is 39.3 Å². The van der Waals surface area contributed by atoms with Gasteiger partial charge in [0.15, 0.2) is 18.5 Å². The second kappa shape index (κ2) is 14.4. The summed E-state index contributed by atoms with van der Waals surface area (Å²) in [4.78, 5) is 12.5. The standard InChI is InChI=1S/C22H44N8O10/c23-4-7-1-2-9(30-22(27)28)20(37-7)39-17-8(25)3-10(29-19(36)11(32)5-24)18(16(17)35)40-21-15(34)13(26)14(33)12(6-31)38-21/h7-18,20-21,31-35H,1-6,23-26H2,(H,29,36)(H4,27,28,30)/t7-,8-,9+,10+,11-,12+,13-,14+,15+,16-,17?,18-,20+,21+/m0/s1. The molecule has 0 bridgehead atoms. The summed E-state index contributed by atoms with van der Waals surface area (Å²) in [5, 5.41) is 64.6. The van der Waals surface area contributed by atoms with Crippen LogP contribution in [0.3, 0.4) is 0 Å². The number of hydrogen-bond donors (Lipinski definition) is 13. The Bertz CT molecular complexity index is 845. The van der Waals surface area contributed by atoms with E-state index in [9.17, 15) is 30.3 Å². The van der Waals surface area contributed by atoms with Crippen LogP contribution in [0.1, 0.15) is 19.3 Å². The molecule has 0 aromatic carbocycles. The molecule has 40 heavy (non-hydrogen) atoms. The van der Waals surface area contributed by atoms with Crippen LogP contribution in [-0.2, 0) is 23.7 Å². The molecule has 18 N–H and O–H groups in total. The minimum absolute atomic E-state index is 0.0335. The molecule has 1 saturated carbocycles. The van der Waals surface area contributed by atoms with Gasteiger partial charge in [-0.2, -0.15) is 0 Å². The van der Waals surface area contributed by atoms with E-state index in [1.165, 1.54) is 0 Å². The van der Waals surface area contributed by atoms with Crippen molar-refractivity contribution in [3.05, 3.63) is 0 Å². The first kappa shape index (κ1) is 32.7. The summed E-state index contributed by atoms with van der Waals surface area (Å²) in [5.74, 6) is -1.16. The first-order valence-corrected chi connectivity index (χ1v) is 13.2. The molecule has 0 spiro atoms. The molecule has 18 heteroatoms. The molecular formula is C22H44N8O10. The van der Waals surface area contributed by atoms with E-state index in [4.69, 9.17) is 53.0 Å². The molecule has 2 saturated heterocycles. The van der Waals surface area contributed by atoms with Crippen LogP contribution >= 0.6 is 0 Å². The zero-order valence-corrected chi connectivity index (χ0v) is 22.0. The molecule has 0 radical (unpaired) electrons. The number of carbonyl (C=O) groups excluding carboxylic acids is 1. The Hall–Kier alpha value is -1.78. The third kappa shape index (κ3) is 7.53. The van der Waals surface area contributed by atoms with E-state index in [0.29, 0.717) is 12.8 Å². The van der Waals surface area contributed by atoms with Gasteiger partial charge in [-0.3, -0.25) is 10.2 Å². The Kier molecular flexibility index (Phi) is 11.8. The Morgan fingerprint density at radius 2 is 1.65 bits per heavy atom. The monoisotopic (exact) mass is 580 g/mol. The number of amides is 1. The van der Waals surface area contributed by atoms with E-state index in [-0.39, 0.29) is 31.6 Å². The fourth-order valence-electron chi connectivity index (χ4n) is 5.16. The van der Waals surface area contributed by atoms with Crippen LogP contribution in [0.25, 0.3) is 0 Å². The molecule has 1 unspecified atom stereocenters. The fourth-order valence-corrected chi connectivity index (χ4v) is 5.16. The van der Waals surface area contributed by atoms with Crippen molar-refractivity contribution < 1.29 is 49.3 Å². The van der Waals surface area contributed by atoms with Gasteiger partial charge >= 0.3 is 0 Å².